The van der Waals surface area contributed by atoms with Crippen molar-refractivity contribution >= 4 is 17.5 Å². The van der Waals surface area contributed by atoms with Gasteiger partial charge in [0.05, 0.1) is 26.0 Å². The average molecular weight is 333 g/mol. The average Bonchev–Trinajstić information content (AvgIpc) is 2.63. The highest BCUT2D eigenvalue weighted by atomic mass is 16.5. The molecule has 0 N–H and O–H groups in total. The first-order valence-corrected chi connectivity index (χ1v) is 8.14. The molecule has 1 aromatic rings. The number of rotatable bonds is 3. The van der Waals surface area contributed by atoms with Crippen LogP contribution < -0.4 is 9.64 Å². The van der Waals surface area contributed by atoms with Crippen molar-refractivity contribution in [2.24, 2.45) is 0 Å². The summed E-state index contributed by atoms with van der Waals surface area (Å²) in [5.74, 6) is 0.591. The Labute approximate surface area is 141 Å². The second-order valence-corrected chi connectivity index (χ2v) is 6.03. The van der Waals surface area contributed by atoms with Crippen LogP contribution in [0.1, 0.15) is 10.4 Å². The first-order chi connectivity index (χ1) is 11.6. The van der Waals surface area contributed by atoms with E-state index in [1.165, 1.54) is 0 Å². The van der Waals surface area contributed by atoms with Gasteiger partial charge in [-0.15, -0.1) is 0 Å². The minimum Gasteiger partial charge on any atom is -0.495 e. The summed E-state index contributed by atoms with van der Waals surface area (Å²) >= 11 is 0. The standard InChI is InChI=1S/C17H23N3O4/c1-18-5-6-20(12-16(18)21)17(22)13-3-4-15(23-2)14(11-13)19-7-9-24-10-8-19/h3-4,11H,5-10,12H2,1-2H3. The van der Waals surface area contributed by atoms with E-state index in [9.17, 15) is 9.59 Å². The molecule has 7 nitrogen and oxygen atoms in total. The number of amides is 2. The number of piperazine rings is 1. The Morgan fingerprint density at radius 3 is 2.58 bits per heavy atom. The van der Waals surface area contributed by atoms with Gasteiger partial charge in [0, 0.05) is 38.8 Å². The van der Waals surface area contributed by atoms with Crippen molar-refractivity contribution in [1.29, 1.82) is 0 Å². The molecule has 1 aromatic carbocycles. The maximum Gasteiger partial charge on any atom is 0.254 e. The Morgan fingerprint density at radius 1 is 1.17 bits per heavy atom. The summed E-state index contributed by atoms with van der Waals surface area (Å²) in [4.78, 5) is 30.0. The van der Waals surface area contributed by atoms with Crippen LogP contribution in [0.4, 0.5) is 5.69 Å². The van der Waals surface area contributed by atoms with Gasteiger partial charge in [0.1, 0.15) is 12.3 Å². The zero-order valence-corrected chi connectivity index (χ0v) is 14.2. The van der Waals surface area contributed by atoms with E-state index in [1.54, 1.807) is 30.0 Å². The van der Waals surface area contributed by atoms with Gasteiger partial charge in [-0.25, -0.2) is 0 Å². The first kappa shape index (κ1) is 16.6. The Bertz CT molecular complexity index is 628. The maximum atomic E-state index is 12.8. The Morgan fingerprint density at radius 2 is 1.92 bits per heavy atom. The summed E-state index contributed by atoms with van der Waals surface area (Å²) in [7, 11) is 3.38. The van der Waals surface area contributed by atoms with Crippen LogP contribution in [0.5, 0.6) is 5.75 Å². The van der Waals surface area contributed by atoms with Crippen LogP contribution in [0.3, 0.4) is 0 Å². The number of hydrogen-bond acceptors (Lipinski definition) is 5. The largest absolute Gasteiger partial charge is 0.495 e. The molecule has 2 amide bonds. The van der Waals surface area contributed by atoms with E-state index in [0.717, 1.165) is 24.5 Å². The molecule has 0 aliphatic carbocycles. The third-order valence-corrected chi connectivity index (χ3v) is 4.52. The van der Waals surface area contributed by atoms with Crippen molar-refractivity contribution in [1.82, 2.24) is 9.80 Å². The van der Waals surface area contributed by atoms with Gasteiger partial charge < -0.3 is 24.2 Å². The molecule has 24 heavy (non-hydrogen) atoms. The predicted molar refractivity (Wildman–Crippen MR) is 89.6 cm³/mol. The number of ether oxygens (including phenoxy) is 2. The van der Waals surface area contributed by atoms with Gasteiger partial charge in [0.25, 0.3) is 5.91 Å². The molecule has 2 saturated heterocycles. The van der Waals surface area contributed by atoms with Crippen molar-refractivity contribution < 1.29 is 19.1 Å². The molecule has 0 saturated carbocycles. The predicted octanol–water partition coefficient (Wildman–Crippen LogP) is 0.446. The fraction of sp³-hybridized carbons (Fsp3) is 0.529. The molecule has 0 bridgehead atoms. The van der Waals surface area contributed by atoms with Gasteiger partial charge in [0.2, 0.25) is 5.91 Å². The summed E-state index contributed by atoms with van der Waals surface area (Å²) in [5, 5.41) is 0. The van der Waals surface area contributed by atoms with E-state index in [4.69, 9.17) is 9.47 Å². The van der Waals surface area contributed by atoms with Crippen molar-refractivity contribution in [3.05, 3.63) is 23.8 Å². The number of benzene rings is 1. The van der Waals surface area contributed by atoms with Gasteiger partial charge >= 0.3 is 0 Å². The van der Waals surface area contributed by atoms with Crippen molar-refractivity contribution in [2.45, 2.75) is 0 Å². The van der Waals surface area contributed by atoms with Gasteiger partial charge in [-0.05, 0) is 18.2 Å². The summed E-state index contributed by atoms with van der Waals surface area (Å²) in [5.41, 5.74) is 1.47. The highest BCUT2D eigenvalue weighted by Gasteiger charge is 2.26. The molecule has 2 fully saturated rings. The van der Waals surface area contributed by atoms with Crippen LogP contribution in [0.15, 0.2) is 18.2 Å². The summed E-state index contributed by atoms with van der Waals surface area (Å²) in [6, 6.07) is 5.43. The van der Waals surface area contributed by atoms with Crippen molar-refractivity contribution in [3.8, 4) is 5.75 Å². The monoisotopic (exact) mass is 333 g/mol. The minimum atomic E-state index is -0.117. The molecule has 3 rings (SSSR count). The number of carbonyl (C=O) groups excluding carboxylic acids is 2. The lowest BCUT2D eigenvalue weighted by Gasteiger charge is -2.33. The molecule has 0 unspecified atom stereocenters. The minimum absolute atomic E-state index is 0.0310. The molecule has 0 atom stereocenters. The van der Waals surface area contributed by atoms with E-state index in [-0.39, 0.29) is 18.4 Å². The molecule has 2 heterocycles. The smallest absolute Gasteiger partial charge is 0.254 e. The van der Waals surface area contributed by atoms with Crippen LogP contribution >= 0.6 is 0 Å². The topological polar surface area (TPSA) is 62.3 Å². The molecule has 0 aromatic heterocycles. The van der Waals surface area contributed by atoms with Crippen LogP contribution in [0.2, 0.25) is 0 Å². The Balaban J connectivity index is 1.82. The van der Waals surface area contributed by atoms with Crippen molar-refractivity contribution in [3.63, 3.8) is 0 Å². The molecule has 0 radical (unpaired) electrons. The Hall–Kier alpha value is -2.28. The number of morpholine rings is 1. The normalized spacial score (nSPS) is 18.8. The van der Waals surface area contributed by atoms with Gasteiger partial charge in [0.15, 0.2) is 0 Å². The third-order valence-electron chi connectivity index (χ3n) is 4.52. The van der Waals surface area contributed by atoms with Crippen LogP contribution in [0, 0.1) is 0 Å². The van der Waals surface area contributed by atoms with Gasteiger partial charge in [-0.2, -0.15) is 0 Å². The lowest BCUT2D eigenvalue weighted by Crippen LogP contribution is -2.50. The summed E-state index contributed by atoms with van der Waals surface area (Å²) in [6.45, 7) is 4.11. The van der Waals surface area contributed by atoms with Crippen LogP contribution in [-0.2, 0) is 9.53 Å². The zero-order valence-electron chi connectivity index (χ0n) is 14.2. The Kier molecular flexibility index (Phi) is 4.89. The van der Waals surface area contributed by atoms with E-state index in [1.807, 2.05) is 12.1 Å². The number of methoxy groups -OCH3 is 1. The summed E-state index contributed by atoms with van der Waals surface area (Å²) in [6.07, 6.45) is 0. The molecular weight excluding hydrogens is 310 g/mol. The third kappa shape index (κ3) is 3.31. The first-order valence-electron chi connectivity index (χ1n) is 8.14. The van der Waals surface area contributed by atoms with E-state index < -0.39 is 0 Å². The SMILES string of the molecule is COc1ccc(C(=O)N2CCN(C)C(=O)C2)cc1N1CCOCC1. The van der Waals surface area contributed by atoms with Gasteiger partial charge in [-0.3, -0.25) is 9.59 Å². The second kappa shape index (κ2) is 7.09. The number of hydrogen-bond donors (Lipinski definition) is 0. The highest BCUT2D eigenvalue weighted by molar-refractivity contribution is 5.98. The van der Waals surface area contributed by atoms with Gasteiger partial charge in [-0.1, -0.05) is 0 Å². The molecule has 0 spiro atoms. The fourth-order valence-corrected chi connectivity index (χ4v) is 2.99. The lowest BCUT2D eigenvalue weighted by atomic mass is 10.1. The number of nitrogens with zero attached hydrogens (tertiary/aromatic N) is 3. The second-order valence-electron chi connectivity index (χ2n) is 6.03. The number of likely N-dealkylation sites (N-methyl/N-ethyl adjacent to an activating group) is 1. The number of anilines is 1. The maximum absolute atomic E-state index is 12.8. The summed E-state index contributed by atoms with van der Waals surface area (Å²) < 4.78 is 10.8. The molecule has 2 aliphatic heterocycles. The molecule has 7 heteroatoms. The van der Waals surface area contributed by atoms with E-state index in [2.05, 4.69) is 4.90 Å². The van der Waals surface area contributed by atoms with E-state index >= 15 is 0 Å². The number of carbonyl (C=O) groups is 2. The highest BCUT2D eigenvalue weighted by Crippen LogP contribution is 2.30. The lowest BCUT2D eigenvalue weighted by molar-refractivity contribution is -0.133. The fourth-order valence-electron chi connectivity index (χ4n) is 2.99. The zero-order chi connectivity index (χ0) is 17.1. The van der Waals surface area contributed by atoms with E-state index in [0.29, 0.717) is 31.9 Å². The van der Waals surface area contributed by atoms with Crippen LogP contribution in [0.25, 0.3) is 0 Å². The quantitative estimate of drug-likeness (QED) is 0.804. The molecular formula is C17H23N3O4. The van der Waals surface area contributed by atoms with Crippen LogP contribution in [-0.4, -0.2) is 81.7 Å². The molecule has 2 aliphatic rings. The molecule has 130 valence electrons. The van der Waals surface area contributed by atoms with Crippen molar-refractivity contribution in [2.75, 3.05) is 65.0 Å².